The second-order valence-corrected chi connectivity index (χ2v) is 19.6. The summed E-state index contributed by atoms with van der Waals surface area (Å²) in [5.74, 6) is 0. The maximum Gasteiger partial charge on any atom is 0.178 e. The predicted molar refractivity (Wildman–Crippen MR) is 299 cm³/mol. The molecule has 6 nitrogen and oxygen atoms in total. The second-order valence-electron chi connectivity index (χ2n) is 19.6. The first-order valence-corrected chi connectivity index (χ1v) is 24.5. The zero-order chi connectivity index (χ0) is 47.9. The first-order chi connectivity index (χ1) is 35.3. The highest BCUT2D eigenvalue weighted by Crippen LogP contribution is 2.46. The molecule has 0 fully saturated rings. The quantitative estimate of drug-likeness (QED) is 0.166. The van der Waals surface area contributed by atoms with Gasteiger partial charge in [-0.05, 0) is 194 Å². The van der Waals surface area contributed by atoms with Crippen molar-refractivity contribution >= 4 is 143 Å². The number of benzene rings is 11. The molecule has 0 bridgehead atoms. The minimum atomic E-state index is 0.751. The van der Waals surface area contributed by atoms with Crippen LogP contribution in [0.5, 0.6) is 0 Å². The molecule has 0 N–H and O–H groups in total. The van der Waals surface area contributed by atoms with E-state index >= 15 is 0 Å². The standard InChI is InChI=1S/C66H44N2O4/c1-37-27-38(2)30-47(29-37)67(45-17-25-61-57(35-45)51-9-5-7-11-59(51)69-61)43-15-21-49-41(33-43)13-19-53-55-23-24-56-54-20-14-42-34-44(16-22-50(42)64(54)72-66(56)65(55)71-63(49)53)68(48-31-39(3)28-40(4)32-48)46-18-26-62-58(36-46)52-10-6-8-12-60(52)70-62/h5-36H,1-4H3. The molecule has 0 atom stereocenters. The molecule has 11 aromatic carbocycles. The van der Waals surface area contributed by atoms with Gasteiger partial charge in [-0.15, -0.1) is 0 Å². The zero-order valence-electron chi connectivity index (χ0n) is 40.0. The van der Waals surface area contributed by atoms with Crippen LogP contribution in [0.25, 0.3) is 109 Å². The average Bonchev–Trinajstić information content (AvgIpc) is 4.16. The lowest BCUT2D eigenvalue weighted by molar-refractivity contribution is 0.637. The monoisotopic (exact) mass is 928 g/mol. The largest absolute Gasteiger partial charge is 0.456 e. The van der Waals surface area contributed by atoms with Crippen molar-refractivity contribution in [2.24, 2.45) is 0 Å². The fourth-order valence-electron chi connectivity index (χ4n) is 11.7. The molecule has 0 aliphatic rings. The van der Waals surface area contributed by atoms with Gasteiger partial charge in [-0.2, -0.15) is 0 Å². The van der Waals surface area contributed by atoms with Crippen molar-refractivity contribution in [2.45, 2.75) is 27.7 Å². The SMILES string of the molecule is Cc1cc(C)cc(N(c2ccc3c(ccc4c5ccc6c7ccc8cc(N(c9cc(C)cc(C)c9)c9ccc%10oc%11ccccc%11c%10c9)ccc8c7oc6c5oc34)c2)c2ccc3oc4ccccc4c3c2)c1. The number of fused-ring (bicyclic) bond motifs is 17. The van der Waals surface area contributed by atoms with Crippen molar-refractivity contribution in [1.82, 2.24) is 0 Å². The van der Waals surface area contributed by atoms with Crippen molar-refractivity contribution in [2.75, 3.05) is 9.80 Å². The van der Waals surface area contributed by atoms with Crippen LogP contribution in [0.15, 0.2) is 212 Å². The Balaban J connectivity index is 0.854. The molecule has 0 aliphatic heterocycles. The number of para-hydroxylation sites is 2. The molecule has 0 amide bonds. The molecule has 0 unspecified atom stereocenters. The van der Waals surface area contributed by atoms with Crippen LogP contribution in [0.4, 0.5) is 34.1 Å². The van der Waals surface area contributed by atoms with E-state index in [9.17, 15) is 0 Å². The molecule has 342 valence electrons. The molecule has 0 aliphatic carbocycles. The molecular weight excluding hydrogens is 885 g/mol. The van der Waals surface area contributed by atoms with Crippen molar-refractivity contribution in [3.05, 3.63) is 216 Å². The fraction of sp³-hybridized carbons (Fsp3) is 0.0606. The first kappa shape index (κ1) is 40.6. The maximum atomic E-state index is 6.99. The lowest BCUT2D eigenvalue weighted by Gasteiger charge is -2.26. The normalized spacial score (nSPS) is 12.2. The van der Waals surface area contributed by atoms with Gasteiger partial charge < -0.3 is 27.5 Å². The molecular formula is C66H44N2O4. The summed E-state index contributed by atoms with van der Waals surface area (Å²) in [4.78, 5) is 4.69. The number of furan rings is 4. The van der Waals surface area contributed by atoms with E-state index in [0.717, 1.165) is 143 Å². The van der Waals surface area contributed by atoms with Crippen LogP contribution in [-0.2, 0) is 0 Å². The molecule has 72 heavy (non-hydrogen) atoms. The Bertz CT molecular complexity index is 4430. The van der Waals surface area contributed by atoms with E-state index in [-0.39, 0.29) is 0 Å². The topological polar surface area (TPSA) is 59.0 Å². The Morgan fingerprint density at radius 3 is 1.03 bits per heavy atom. The van der Waals surface area contributed by atoms with Gasteiger partial charge in [-0.1, -0.05) is 60.7 Å². The second kappa shape index (κ2) is 15.1. The number of nitrogens with zero attached hydrogens (tertiary/aromatic N) is 2. The van der Waals surface area contributed by atoms with Gasteiger partial charge in [0, 0.05) is 88.0 Å². The molecule has 0 saturated carbocycles. The van der Waals surface area contributed by atoms with E-state index in [1.165, 1.54) is 22.3 Å². The van der Waals surface area contributed by atoms with Crippen molar-refractivity contribution in [1.29, 1.82) is 0 Å². The maximum absolute atomic E-state index is 6.99. The Morgan fingerprint density at radius 2 is 0.583 bits per heavy atom. The van der Waals surface area contributed by atoms with Gasteiger partial charge in [0.2, 0.25) is 0 Å². The van der Waals surface area contributed by atoms with Gasteiger partial charge in [-0.3, -0.25) is 0 Å². The number of hydrogen-bond acceptors (Lipinski definition) is 6. The van der Waals surface area contributed by atoms with Crippen LogP contribution in [0.3, 0.4) is 0 Å². The number of anilines is 6. The summed E-state index contributed by atoms with van der Waals surface area (Å²) in [6, 6.07) is 69.5. The predicted octanol–water partition coefficient (Wildman–Crippen LogP) is 19.8. The number of rotatable bonds is 6. The summed E-state index contributed by atoms with van der Waals surface area (Å²) in [5.41, 5.74) is 17.9. The van der Waals surface area contributed by atoms with Gasteiger partial charge in [0.05, 0.1) is 0 Å². The number of aryl methyl sites for hydroxylation is 4. The molecule has 15 aromatic rings. The van der Waals surface area contributed by atoms with Crippen molar-refractivity contribution in [3.8, 4) is 0 Å². The third-order valence-corrected chi connectivity index (χ3v) is 14.7. The van der Waals surface area contributed by atoms with E-state index in [0.29, 0.717) is 0 Å². The van der Waals surface area contributed by atoms with Crippen LogP contribution in [0, 0.1) is 27.7 Å². The van der Waals surface area contributed by atoms with Gasteiger partial charge in [-0.25, -0.2) is 0 Å². The lowest BCUT2D eigenvalue weighted by atomic mass is 10.0. The molecule has 15 rings (SSSR count). The van der Waals surface area contributed by atoms with Crippen LogP contribution >= 0.6 is 0 Å². The van der Waals surface area contributed by atoms with E-state index in [2.05, 4.69) is 207 Å². The molecule has 0 spiro atoms. The smallest absolute Gasteiger partial charge is 0.178 e. The Morgan fingerprint density at radius 1 is 0.236 bits per heavy atom. The van der Waals surface area contributed by atoms with Crippen LogP contribution in [-0.4, -0.2) is 0 Å². The third kappa shape index (κ3) is 6.15. The summed E-state index contributed by atoms with van der Waals surface area (Å²) in [6.07, 6.45) is 0. The van der Waals surface area contributed by atoms with Crippen LogP contribution < -0.4 is 9.80 Å². The third-order valence-electron chi connectivity index (χ3n) is 14.7. The van der Waals surface area contributed by atoms with Crippen LogP contribution in [0.2, 0.25) is 0 Å². The first-order valence-electron chi connectivity index (χ1n) is 24.5. The van der Waals surface area contributed by atoms with Gasteiger partial charge in [0.25, 0.3) is 0 Å². The highest BCUT2D eigenvalue weighted by Gasteiger charge is 2.23. The van der Waals surface area contributed by atoms with Gasteiger partial charge in [0.15, 0.2) is 11.2 Å². The lowest BCUT2D eigenvalue weighted by Crippen LogP contribution is -2.10. The van der Waals surface area contributed by atoms with Crippen LogP contribution in [0.1, 0.15) is 22.3 Å². The van der Waals surface area contributed by atoms with E-state index in [1.54, 1.807) is 0 Å². The minimum absolute atomic E-state index is 0.751. The highest BCUT2D eigenvalue weighted by molar-refractivity contribution is 6.24. The van der Waals surface area contributed by atoms with Gasteiger partial charge >= 0.3 is 0 Å². The molecule has 0 saturated heterocycles. The Hall–Kier alpha value is -9.26. The summed E-state index contributed by atoms with van der Waals surface area (Å²) in [7, 11) is 0. The molecule has 4 heterocycles. The fourth-order valence-corrected chi connectivity index (χ4v) is 11.7. The van der Waals surface area contributed by atoms with Crippen molar-refractivity contribution < 1.29 is 17.7 Å². The molecule has 6 heteroatoms. The van der Waals surface area contributed by atoms with E-state index in [4.69, 9.17) is 17.7 Å². The molecule has 0 radical (unpaired) electrons. The summed E-state index contributed by atoms with van der Waals surface area (Å²) >= 11 is 0. The summed E-state index contributed by atoms with van der Waals surface area (Å²) < 4.78 is 26.5. The Labute approximate surface area is 413 Å². The minimum Gasteiger partial charge on any atom is -0.456 e. The van der Waals surface area contributed by atoms with Gasteiger partial charge in [0.1, 0.15) is 33.5 Å². The van der Waals surface area contributed by atoms with Crippen molar-refractivity contribution in [3.63, 3.8) is 0 Å². The number of hydrogen-bond donors (Lipinski definition) is 0. The molecule has 4 aromatic heterocycles. The summed E-state index contributed by atoms with van der Waals surface area (Å²) in [6.45, 7) is 8.63. The van der Waals surface area contributed by atoms with E-state index < -0.39 is 0 Å². The Kier molecular flexibility index (Phi) is 8.53. The highest BCUT2D eigenvalue weighted by atomic mass is 16.4. The van der Waals surface area contributed by atoms with E-state index in [1.807, 2.05) is 24.3 Å². The zero-order valence-corrected chi connectivity index (χ0v) is 40.0. The summed E-state index contributed by atoms with van der Waals surface area (Å²) in [5, 5.41) is 12.8. The average molecular weight is 929 g/mol.